The van der Waals surface area contributed by atoms with Crippen LogP contribution in [0.15, 0.2) is 53.6 Å². The number of hydrazine groups is 1. The number of rotatable bonds is 3. The quantitative estimate of drug-likeness (QED) is 0.548. The molecule has 0 bridgehead atoms. The number of nitrogens with two attached hydrogens (primary N) is 1. The summed E-state index contributed by atoms with van der Waals surface area (Å²) in [6.07, 6.45) is 3.03. The molecule has 20 heavy (non-hydrogen) atoms. The predicted molar refractivity (Wildman–Crippen MR) is 77.2 cm³/mol. The zero-order valence-electron chi connectivity index (χ0n) is 10.7. The Labute approximate surface area is 114 Å². The third-order valence-electron chi connectivity index (χ3n) is 3.07. The number of nitrogens with zero attached hydrogens (tertiary/aromatic N) is 3. The lowest BCUT2D eigenvalue weighted by atomic mass is 10.2. The van der Waals surface area contributed by atoms with E-state index in [1.807, 2.05) is 30.3 Å². The fourth-order valence-electron chi connectivity index (χ4n) is 2.06. The van der Waals surface area contributed by atoms with Crippen molar-refractivity contribution >= 4 is 16.9 Å². The second kappa shape index (κ2) is 5.10. The van der Waals surface area contributed by atoms with Crippen molar-refractivity contribution in [2.24, 2.45) is 5.84 Å². The van der Waals surface area contributed by atoms with Crippen molar-refractivity contribution in [2.75, 3.05) is 5.43 Å². The summed E-state index contributed by atoms with van der Waals surface area (Å²) in [5, 5.41) is 0. The number of aromatic nitrogens is 3. The monoisotopic (exact) mass is 267 g/mol. The number of hydrogen-bond acceptors (Lipinski definition) is 5. The molecule has 0 aliphatic carbocycles. The molecule has 0 fully saturated rings. The van der Waals surface area contributed by atoms with Crippen LogP contribution in [0.2, 0.25) is 0 Å². The van der Waals surface area contributed by atoms with Crippen LogP contribution in [0, 0.1) is 0 Å². The van der Waals surface area contributed by atoms with Gasteiger partial charge in [-0.15, -0.1) is 0 Å². The van der Waals surface area contributed by atoms with Gasteiger partial charge in [0.15, 0.2) is 0 Å². The lowest BCUT2D eigenvalue weighted by Crippen LogP contribution is -2.21. The molecule has 0 saturated carbocycles. The zero-order chi connectivity index (χ0) is 13.9. The second-order valence-corrected chi connectivity index (χ2v) is 4.37. The van der Waals surface area contributed by atoms with E-state index in [1.54, 1.807) is 16.8 Å². The van der Waals surface area contributed by atoms with E-state index in [4.69, 9.17) is 5.84 Å². The maximum atomic E-state index is 12.0. The summed E-state index contributed by atoms with van der Waals surface area (Å²) >= 11 is 0. The van der Waals surface area contributed by atoms with Crippen molar-refractivity contribution in [3.63, 3.8) is 0 Å². The van der Waals surface area contributed by atoms with Crippen molar-refractivity contribution < 1.29 is 0 Å². The minimum absolute atomic E-state index is 0.135. The fourth-order valence-corrected chi connectivity index (χ4v) is 2.06. The first-order chi connectivity index (χ1) is 9.78. The highest BCUT2D eigenvalue weighted by atomic mass is 16.1. The molecular formula is C14H13N5O. The summed E-state index contributed by atoms with van der Waals surface area (Å²) in [5.41, 5.74) is 4.85. The Bertz CT molecular complexity index is 795. The number of pyridine rings is 1. The van der Waals surface area contributed by atoms with Crippen molar-refractivity contribution in [3.8, 4) is 0 Å². The Hall–Kier alpha value is -2.73. The Morgan fingerprint density at radius 1 is 1.10 bits per heavy atom. The highest BCUT2D eigenvalue weighted by molar-refractivity contribution is 5.74. The van der Waals surface area contributed by atoms with Crippen LogP contribution in [0.4, 0.5) is 5.82 Å². The third kappa shape index (κ3) is 2.24. The van der Waals surface area contributed by atoms with Gasteiger partial charge in [0.2, 0.25) is 0 Å². The largest absolute Gasteiger partial charge is 0.308 e. The number of anilines is 1. The summed E-state index contributed by atoms with van der Waals surface area (Å²) in [6.45, 7) is 0.444. The number of hydrogen-bond donors (Lipinski definition) is 2. The molecule has 1 aromatic carbocycles. The van der Waals surface area contributed by atoms with E-state index in [0.717, 1.165) is 16.6 Å². The van der Waals surface area contributed by atoms with Gasteiger partial charge in [0, 0.05) is 6.20 Å². The molecule has 0 amide bonds. The Balaban J connectivity index is 2.05. The van der Waals surface area contributed by atoms with Gasteiger partial charge < -0.3 is 9.99 Å². The Kier molecular flexibility index (Phi) is 3.14. The first-order valence-electron chi connectivity index (χ1n) is 6.14. The number of nitrogen functional groups attached to an aromatic ring is 1. The molecule has 0 aliphatic heterocycles. The van der Waals surface area contributed by atoms with E-state index in [0.29, 0.717) is 12.4 Å². The molecule has 3 aromatic rings. The smallest absolute Gasteiger partial charge is 0.269 e. The highest BCUT2D eigenvalue weighted by Gasteiger charge is 2.04. The van der Waals surface area contributed by atoms with Gasteiger partial charge in [-0.3, -0.25) is 4.79 Å². The molecule has 0 aliphatic rings. The van der Waals surface area contributed by atoms with Crippen LogP contribution in [-0.4, -0.2) is 14.5 Å². The Morgan fingerprint density at radius 2 is 1.95 bits per heavy atom. The average Bonchev–Trinajstić information content (AvgIpc) is 2.51. The van der Waals surface area contributed by atoms with Crippen LogP contribution in [0.5, 0.6) is 0 Å². The number of para-hydroxylation sites is 2. The van der Waals surface area contributed by atoms with Gasteiger partial charge in [-0.1, -0.05) is 18.2 Å². The van der Waals surface area contributed by atoms with Gasteiger partial charge in [0.05, 0.1) is 23.8 Å². The van der Waals surface area contributed by atoms with Crippen molar-refractivity contribution in [3.05, 3.63) is 64.7 Å². The maximum absolute atomic E-state index is 12.0. The second-order valence-electron chi connectivity index (χ2n) is 4.37. The van der Waals surface area contributed by atoms with Gasteiger partial charge in [-0.05, 0) is 23.8 Å². The van der Waals surface area contributed by atoms with Crippen LogP contribution in [0.25, 0.3) is 11.0 Å². The van der Waals surface area contributed by atoms with Crippen molar-refractivity contribution in [1.29, 1.82) is 0 Å². The normalized spacial score (nSPS) is 10.7. The summed E-state index contributed by atoms with van der Waals surface area (Å²) in [7, 11) is 0. The summed E-state index contributed by atoms with van der Waals surface area (Å²) in [4.78, 5) is 20.3. The van der Waals surface area contributed by atoms with Gasteiger partial charge in [-0.25, -0.2) is 15.8 Å². The van der Waals surface area contributed by atoms with Crippen molar-refractivity contribution in [2.45, 2.75) is 6.54 Å². The Morgan fingerprint density at radius 3 is 2.70 bits per heavy atom. The molecule has 6 nitrogen and oxygen atoms in total. The van der Waals surface area contributed by atoms with Gasteiger partial charge in [0.25, 0.3) is 5.56 Å². The highest BCUT2D eigenvalue weighted by Crippen LogP contribution is 2.11. The fraction of sp³-hybridized carbons (Fsp3) is 0.0714. The molecule has 100 valence electrons. The molecular weight excluding hydrogens is 254 g/mol. The first-order valence-corrected chi connectivity index (χ1v) is 6.14. The van der Waals surface area contributed by atoms with Crippen LogP contribution < -0.4 is 16.8 Å². The molecule has 0 unspecified atom stereocenters. The zero-order valence-corrected chi connectivity index (χ0v) is 10.7. The standard InChI is InChI=1S/C14H13N5O/c15-18-13-6-5-10(7-17-13)9-19-12-4-2-1-3-11(12)16-8-14(19)20/h1-8H,9,15H2,(H,17,18). The molecule has 0 atom stereocenters. The van der Waals surface area contributed by atoms with Crippen LogP contribution in [0.1, 0.15) is 5.56 Å². The third-order valence-corrected chi connectivity index (χ3v) is 3.07. The lowest BCUT2D eigenvalue weighted by molar-refractivity contribution is 0.783. The number of nitrogens with one attached hydrogen (secondary N) is 1. The molecule has 3 N–H and O–H groups in total. The molecule has 3 rings (SSSR count). The maximum Gasteiger partial charge on any atom is 0.269 e. The van der Waals surface area contributed by atoms with E-state index < -0.39 is 0 Å². The minimum atomic E-state index is -0.135. The van der Waals surface area contributed by atoms with Gasteiger partial charge in [-0.2, -0.15) is 0 Å². The molecule has 0 radical (unpaired) electrons. The first kappa shape index (κ1) is 12.3. The summed E-state index contributed by atoms with van der Waals surface area (Å²) in [6, 6.07) is 11.2. The topological polar surface area (TPSA) is 85.8 Å². The van der Waals surface area contributed by atoms with Gasteiger partial charge in [0.1, 0.15) is 5.82 Å². The SMILES string of the molecule is NNc1ccc(Cn2c(=O)cnc3ccccc32)cn1. The van der Waals surface area contributed by atoms with Crippen LogP contribution in [-0.2, 0) is 6.54 Å². The molecule has 2 aromatic heterocycles. The number of fused-ring (bicyclic) bond motifs is 1. The molecule has 0 saturated heterocycles. The van der Waals surface area contributed by atoms with Crippen molar-refractivity contribution in [1.82, 2.24) is 14.5 Å². The van der Waals surface area contributed by atoms with Crippen LogP contribution >= 0.6 is 0 Å². The average molecular weight is 267 g/mol. The lowest BCUT2D eigenvalue weighted by Gasteiger charge is -2.09. The molecule has 2 heterocycles. The summed E-state index contributed by atoms with van der Waals surface area (Å²) < 4.78 is 1.68. The minimum Gasteiger partial charge on any atom is -0.308 e. The van der Waals surface area contributed by atoms with E-state index in [-0.39, 0.29) is 5.56 Å². The van der Waals surface area contributed by atoms with Crippen LogP contribution in [0.3, 0.4) is 0 Å². The number of benzene rings is 1. The predicted octanol–water partition coefficient (Wildman–Crippen LogP) is 1.13. The van der Waals surface area contributed by atoms with Gasteiger partial charge >= 0.3 is 0 Å². The molecule has 6 heteroatoms. The van der Waals surface area contributed by atoms with E-state index >= 15 is 0 Å². The summed E-state index contributed by atoms with van der Waals surface area (Å²) in [5.74, 6) is 5.86. The van der Waals surface area contributed by atoms with E-state index in [1.165, 1.54) is 6.20 Å². The van der Waals surface area contributed by atoms with E-state index in [2.05, 4.69) is 15.4 Å². The molecule has 0 spiro atoms. The van der Waals surface area contributed by atoms with E-state index in [9.17, 15) is 4.79 Å².